The average Bonchev–Trinajstić information content (AvgIpc) is 3.31. The van der Waals surface area contributed by atoms with Crippen LogP contribution in [0.2, 0.25) is 0 Å². The second-order valence-electron chi connectivity index (χ2n) is 11.8. The molecule has 0 saturated carbocycles. The first-order chi connectivity index (χ1) is 20.8. The number of carboxylic acid groups (broad SMARTS) is 2. The normalized spacial score (nSPS) is 14.9. The van der Waals surface area contributed by atoms with Crippen molar-refractivity contribution in [2.24, 2.45) is 11.8 Å². The zero-order chi connectivity index (χ0) is 32.7. The molecule has 0 radical (unpaired) electrons. The molecule has 0 aromatic heterocycles. The third-order valence-corrected chi connectivity index (χ3v) is 8.36. The first kappa shape index (κ1) is 34.1. The van der Waals surface area contributed by atoms with Gasteiger partial charge in [0.05, 0.1) is 6.42 Å². The molecule has 44 heavy (non-hydrogen) atoms. The van der Waals surface area contributed by atoms with Crippen molar-refractivity contribution in [1.82, 2.24) is 15.1 Å². The zero-order valence-electron chi connectivity index (χ0n) is 26.1. The lowest BCUT2D eigenvalue weighted by molar-refractivity contribution is -0.157. The van der Waals surface area contributed by atoms with Crippen LogP contribution in [0.3, 0.4) is 0 Å². The summed E-state index contributed by atoms with van der Waals surface area (Å²) in [7, 11) is 2.65. The van der Waals surface area contributed by atoms with Gasteiger partial charge in [-0.3, -0.25) is 14.4 Å². The van der Waals surface area contributed by atoms with Gasteiger partial charge in [0.2, 0.25) is 11.8 Å². The van der Waals surface area contributed by atoms with Gasteiger partial charge in [0.1, 0.15) is 24.7 Å². The first-order valence-electron chi connectivity index (χ1n) is 14.9. The molecule has 0 bridgehead atoms. The van der Waals surface area contributed by atoms with Crippen molar-refractivity contribution in [3.63, 3.8) is 0 Å². The van der Waals surface area contributed by atoms with Gasteiger partial charge >= 0.3 is 18.0 Å². The van der Waals surface area contributed by atoms with Crippen LogP contribution < -0.4 is 5.32 Å². The smallest absolute Gasteiger partial charge is 0.407 e. The highest BCUT2D eigenvalue weighted by atomic mass is 16.5. The largest absolute Gasteiger partial charge is 0.481 e. The Bertz CT molecular complexity index is 1330. The number of aliphatic carboxylic acids is 2. The lowest BCUT2D eigenvalue weighted by Gasteiger charge is -2.36. The quantitative estimate of drug-likeness (QED) is 0.288. The maximum absolute atomic E-state index is 13.9. The molecule has 4 atom stereocenters. The third-order valence-electron chi connectivity index (χ3n) is 8.36. The number of nitrogens with one attached hydrogen (secondary N) is 1. The predicted molar refractivity (Wildman–Crippen MR) is 164 cm³/mol. The van der Waals surface area contributed by atoms with Crippen molar-refractivity contribution in [3.8, 4) is 11.1 Å². The molecule has 3 rings (SSSR count). The topological polar surface area (TPSA) is 154 Å². The van der Waals surface area contributed by atoms with E-state index < -0.39 is 54.4 Å². The van der Waals surface area contributed by atoms with Crippen molar-refractivity contribution in [2.75, 3.05) is 20.7 Å². The van der Waals surface area contributed by atoms with Gasteiger partial charge < -0.3 is 30.1 Å². The Balaban J connectivity index is 1.78. The van der Waals surface area contributed by atoms with Gasteiger partial charge in [-0.2, -0.15) is 0 Å². The molecule has 1 aliphatic carbocycles. The van der Waals surface area contributed by atoms with Crippen LogP contribution in [0.5, 0.6) is 0 Å². The Labute approximate surface area is 258 Å². The van der Waals surface area contributed by atoms with Gasteiger partial charge in [-0.15, -0.1) is 0 Å². The predicted octanol–water partition coefficient (Wildman–Crippen LogP) is 4.20. The number of likely N-dealkylation sites (N-methyl/N-ethyl adjacent to an activating group) is 2. The molecule has 0 aliphatic heterocycles. The molecule has 11 nitrogen and oxygen atoms in total. The molecule has 3 amide bonds. The van der Waals surface area contributed by atoms with E-state index in [0.717, 1.165) is 27.2 Å². The summed E-state index contributed by atoms with van der Waals surface area (Å²) >= 11 is 0. The molecule has 0 spiro atoms. The summed E-state index contributed by atoms with van der Waals surface area (Å²) < 4.78 is 5.68. The fourth-order valence-corrected chi connectivity index (χ4v) is 5.64. The fourth-order valence-electron chi connectivity index (χ4n) is 5.64. The zero-order valence-corrected chi connectivity index (χ0v) is 26.1. The molecule has 0 fully saturated rings. The molecule has 0 saturated heterocycles. The molecular formula is C33H43N3O8. The minimum atomic E-state index is -1.61. The number of alkyl carbamates (subject to hydrolysis) is 1. The number of ether oxygens (including phenoxy) is 1. The summed E-state index contributed by atoms with van der Waals surface area (Å²) in [6, 6.07) is 12.2. The maximum atomic E-state index is 13.9. The van der Waals surface area contributed by atoms with Gasteiger partial charge in [-0.25, -0.2) is 9.59 Å². The van der Waals surface area contributed by atoms with E-state index >= 15 is 0 Å². The van der Waals surface area contributed by atoms with Crippen molar-refractivity contribution in [3.05, 3.63) is 59.7 Å². The van der Waals surface area contributed by atoms with Crippen LogP contribution >= 0.6 is 0 Å². The number of carbonyl (C=O) groups is 5. The van der Waals surface area contributed by atoms with E-state index in [2.05, 4.69) is 5.32 Å². The summed E-state index contributed by atoms with van der Waals surface area (Å²) in [5, 5.41) is 21.5. The highest BCUT2D eigenvalue weighted by Crippen LogP contribution is 2.44. The molecule has 3 N–H and O–H groups in total. The van der Waals surface area contributed by atoms with Crippen molar-refractivity contribution >= 4 is 29.8 Å². The molecule has 1 aliphatic rings. The molecular weight excluding hydrogens is 566 g/mol. The van der Waals surface area contributed by atoms with Crippen molar-refractivity contribution in [1.29, 1.82) is 0 Å². The van der Waals surface area contributed by atoms with Gasteiger partial charge in [0.25, 0.3) is 0 Å². The maximum Gasteiger partial charge on any atom is 0.407 e. The second-order valence-corrected chi connectivity index (χ2v) is 11.8. The van der Waals surface area contributed by atoms with Gasteiger partial charge in [0, 0.05) is 20.0 Å². The van der Waals surface area contributed by atoms with Gasteiger partial charge in [0.15, 0.2) is 0 Å². The molecule has 2 aromatic rings. The molecule has 238 valence electrons. The van der Waals surface area contributed by atoms with Gasteiger partial charge in [-0.1, -0.05) is 82.6 Å². The molecule has 11 heteroatoms. The van der Waals surface area contributed by atoms with E-state index in [9.17, 15) is 34.2 Å². The van der Waals surface area contributed by atoms with E-state index in [4.69, 9.17) is 4.74 Å². The van der Waals surface area contributed by atoms with Crippen molar-refractivity contribution < 1.29 is 38.9 Å². The lowest BCUT2D eigenvalue weighted by Crippen LogP contribution is -2.58. The van der Waals surface area contributed by atoms with Crippen LogP contribution in [0.1, 0.15) is 64.0 Å². The number of carbonyl (C=O) groups excluding carboxylic acids is 3. The summed E-state index contributed by atoms with van der Waals surface area (Å²) in [5.41, 5.74) is 4.28. The number of benzene rings is 2. The van der Waals surface area contributed by atoms with Crippen LogP contribution in [0.4, 0.5) is 4.79 Å². The van der Waals surface area contributed by atoms with Crippen molar-refractivity contribution in [2.45, 2.75) is 71.0 Å². The van der Waals surface area contributed by atoms with Crippen LogP contribution in [-0.2, 0) is 23.9 Å². The standard InChI is InChI=1S/C33H43N3O8/c1-7-20(4)29(31(40)35(5)26(16-19(2)3)30(39)36(6)27(32(41)42)17-28(37)38)34-33(43)44-18-25-23-14-10-8-12-21(23)22-13-9-11-15-24(22)25/h8-15,19-20,25-27,29H,7,16-18H2,1-6H3,(H,34,43)(H,37,38)(H,41,42)/t20-,26-,27-,29-/m0/s1. The SMILES string of the molecule is CC[C@H](C)[C@H](NC(=O)OCC1c2ccccc2-c2ccccc21)C(=O)N(C)[C@@H](CC(C)C)C(=O)N(C)[C@@H](CC(=O)O)C(=O)O. The van der Waals surface area contributed by atoms with E-state index in [1.807, 2.05) is 69.3 Å². The Kier molecular flexibility index (Phi) is 11.5. The van der Waals surface area contributed by atoms with E-state index in [-0.39, 0.29) is 30.8 Å². The Morgan fingerprint density at radius 3 is 1.84 bits per heavy atom. The second kappa shape index (κ2) is 14.9. The highest BCUT2D eigenvalue weighted by Gasteiger charge is 2.39. The number of hydrogen-bond donors (Lipinski definition) is 3. The van der Waals surface area contributed by atoms with Crippen LogP contribution in [0.15, 0.2) is 48.5 Å². The Morgan fingerprint density at radius 1 is 0.841 bits per heavy atom. The molecule has 0 heterocycles. The summed E-state index contributed by atoms with van der Waals surface area (Å²) in [6.45, 7) is 7.45. The third kappa shape index (κ3) is 7.75. The number of nitrogens with zero attached hydrogens (tertiary/aromatic N) is 2. The summed E-state index contributed by atoms with van der Waals surface area (Å²) in [6.07, 6.45) is -0.822. The van der Waals surface area contributed by atoms with Crippen LogP contribution in [0, 0.1) is 11.8 Å². The van der Waals surface area contributed by atoms with Gasteiger partial charge in [-0.05, 0) is 40.5 Å². The number of hydrogen-bond acceptors (Lipinski definition) is 6. The van der Waals surface area contributed by atoms with E-state index in [1.54, 1.807) is 6.92 Å². The Hall–Kier alpha value is -4.41. The van der Waals surface area contributed by atoms with E-state index in [1.165, 1.54) is 19.0 Å². The van der Waals surface area contributed by atoms with E-state index in [0.29, 0.717) is 6.42 Å². The van der Waals surface area contributed by atoms with Crippen LogP contribution in [0.25, 0.3) is 11.1 Å². The minimum absolute atomic E-state index is 0.0625. The monoisotopic (exact) mass is 609 g/mol. The number of fused-ring (bicyclic) bond motifs is 3. The number of amides is 3. The molecule has 0 unspecified atom stereocenters. The Morgan fingerprint density at radius 2 is 1.36 bits per heavy atom. The lowest BCUT2D eigenvalue weighted by atomic mass is 9.95. The molecule has 2 aromatic carbocycles. The number of carboxylic acids is 2. The minimum Gasteiger partial charge on any atom is -0.481 e. The number of rotatable bonds is 14. The first-order valence-corrected chi connectivity index (χ1v) is 14.9. The highest BCUT2D eigenvalue weighted by molar-refractivity contribution is 5.93. The van der Waals surface area contributed by atoms with Crippen LogP contribution in [-0.4, -0.2) is 88.7 Å². The summed E-state index contributed by atoms with van der Waals surface area (Å²) in [5.74, 6) is -4.62. The summed E-state index contributed by atoms with van der Waals surface area (Å²) in [4.78, 5) is 65.7. The average molecular weight is 610 g/mol. The fraction of sp³-hybridized carbons (Fsp3) is 0.485.